The number of aromatic nitrogens is 1. The van der Waals surface area contributed by atoms with E-state index in [2.05, 4.69) is 41.3 Å². The lowest BCUT2D eigenvalue weighted by molar-refractivity contribution is 0.237. The van der Waals surface area contributed by atoms with Gasteiger partial charge < -0.3 is 5.32 Å². The van der Waals surface area contributed by atoms with E-state index in [-0.39, 0.29) is 0 Å². The average Bonchev–Trinajstić information content (AvgIpc) is 2.73. The van der Waals surface area contributed by atoms with Crippen molar-refractivity contribution in [3.05, 3.63) is 29.6 Å². The predicted octanol–water partition coefficient (Wildman–Crippen LogP) is 1.99. The van der Waals surface area contributed by atoms with Crippen molar-refractivity contribution in [1.82, 2.24) is 15.2 Å². The van der Waals surface area contributed by atoms with Crippen LogP contribution in [-0.2, 0) is 0 Å². The van der Waals surface area contributed by atoms with Crippen molar-refractivity contribution >= 4 is 0 Å². The van der Waals surface area contributed by atoms with Crippen LogP contribution in [0, 0.1) is 12.8 Å². The first-order valence-corrected chi connectivity index (χ1v) is 6.57. The minimum atomic E-state index is 0.543. The van der Waals surface area contributed by atoms with E-state index in [1.807, 2.05) is 13.2 Å². The van der Waals surface area contributed by atoms with Crippen LogP contribution in [0.2, 0.25) is 0 Å². The number of pyridine rings is 1. The van der Waals surface area contributed by atoms with Gasteiger partial charge in [0.05, 0.1) is 0 Å². The van der Waals surface area contributed by atoms with Gasteiger partial charge in [-0.15, -0.1) is 0 Å². The molecule has 1 aromatic heterocycles. The molecular weight excluding hydrogens is 210 g/mol. The quantitative estimate of drug-likeness (QED) is 0.862. The molecule has 2 heterocycles. The summed E-state index contributed by atoms with van der Waals surface area (Å²) >= 11 is 0. The molecule has 0 aromatic carbocycles. The fourth-order valence-electron chi connectivity index (χ4n) is 2.99. The van der Waals surface area contributed by atoms with Gasteiger partial charge in [-0.25, -0.2) is 0 Å². The van der Waals surface area contributed by atoms with Crippen molar-refractivity contribution < 1.29 is 0 Å². The summed E-state index contributed by atoms with van der Waals surface area (Å²) in [7, 11) is 2.04. The molecule has 1 aromatic rings. The summed E-state index contributed by atoms with van der Waals surface area (Å²) in [4.78, 5) is 6.88. The van der Waals surface area contributed by atoms with Gasteiger partial charge in [0.1, 0.15) is 0 Å². The summed E-state index contributed by atoms with van der Waals surface area (Å²) < 4.78 is 0. The molecule has 2 rings (SSSR count). The third kappa shape index (κ3) is 2.50. The van der Waals surface area contributed by atoms with Crippen molar-refractivity contribution in [2.75, 3.05) is 26.7 Å². The number of hydrogen-bond acceptors (Lipinski definition) is 3. The molecular formula is C14H23N3. The summed E-state index contributed by atoms with van der Waals surface area (Å²) in [6.07, 6.45) is 5.22. The zero-order valence-corrected chi connectivity index (χ0v) is 11.1. The molecule has 0 spiro atoms. The molecule has 1 N–H and O–H groups in total. The van der Waals surface area contributed by atoms with Crippen molar-refractivity contribution in [3.63, 3.8) is 0 Å². The second kappa shape index (κ2) is 5.61. The fourth-order valence-corrected chi connectivity index (χ4v) is 2.99. The molecule has 0 radical (unpaired) electrons. The number of likely N-dealkylation sites (tertiary alicyclic amines) is 1. The van der Waals surface area contributed by atoms with Gasteiger partial charge in [-0.3, -0.25) is 9.88 Å². The van der Waals surface area contributed by atoms with E-state index in [1.54, 1.807) is 0 Å². The van der Waals surface area contributed by atoms with E-state index in [1.165, 1.54) is 24.1 Å². The van der Waals surface area contributed by atoms with Crippen LogP contribution < -0.4 is 5.32 Å². The zero-order valence-electron chi connectivity index (χ0n) is 11.1. The van der Waals surface area contributed by atoms with Crippen LogP contribution in [0.25, 0.3) is 0 Å². The highest BCUT2D eigenvalue weighted by Crippen LogP contribution is 2.37. The first-order chi connectivity index (χ1) is 8.27. The van der Waals surface area contributed by atoms with E-state index in [0.29, 0.717) is 12.0 Å². The van der Waals surface area contributed by atoms with Gasteiger partial charge in [-0.2, -0.15) is 0 Å². The SMILES string of the molecule is CCN1CCC(CNC)C1c1cnccc1C. The van der Waals surface area contributed by atoms with E-state index in [4.69, 9.17) is 0 Å². The number of rotatable bonds is 4. The highest BCUT2D eigenvalue weighted by Gasteiger charge is 2.34. The molecule has 1 aliphatic heterocycles. The molecule has 1 fully saturated rings. The second-order valence-corrected chi connectivity index (χ2v) is 4.91. The molecule has 2 unspecified atom stereocenters. The minimum Gasteiger partial charge on any atom is -0.319 e. The van der Waals surface area contributed by atoms with Crippen molar-refractivity contribution in [3.8, 4) is 0 Å². The van der Waals surface area contributed by atoms with Crippen molar-refractivity contribution in [2.45, 2.75) is 26.3 Å². The maximum absolute atomic E-state index is 4.31. The number of nitrogens with zero attached hydrogens (tertiary/aromatic N) is 2. The topological polar surface area (TPSA) is 28.2 Å². The second-order valence-electron chi connectivity index (χ2n) is 4.91. The van der Waals surface area contributed by atoms with E-state index >= 15 is 0 Å². The third-order valence-corrected chi connectivity index (χ3v) is 3.90. The Labute approximate surface area is 104 Å². The molecule has 0 bridgehead atoms. The molecule has 0 saturated carbocycles. The molecule has 1 saturated heterocycles. The highest BCUT2D eigenvalue weighted by atomic mass is 15.2. The Balaban J connectivity index is 2.28. The lowest BCUT2D eigenvalue weighted by Crippen LogP contribution is -2.29. The van der Waals surface area contributed by atoms with Gasteiger partial charge in [0.15, 0.2) is 0 Å². The largest absolute Gasteiger partial charge is 0.319 e. The molecule has 94 valence electrons. The summed E-state index contributed by atoms with van der Waals surface area (Å²) in [5, 5.41) is 3.33. The van der Waals surface area contributed by atoms with Gasteiger partial charge in [-0.1, -0.05) is 6.92 Å². The maximum Gasteiger partial charge on any atom is 0.0406 e. The van der Waals surface area contributed by atoms with E-state index < -0.39 is 0 Å². The van der Waals surface area contributed by atoms with Crippen LogP contribution in [0.4, 0.5) is 0 Å². The number of nitrogens with one attached hydrogen (secondary N) is 1. The molecule has 0 aliphatic carbocycles. The molecule has 2 atom stereocenters. The Hall–Kier alpha value is -0.930. The molecule has 1 aliphatic rings. The number of aryl methyl sites for hydroxylation is 1. The first-order valence-electron chi connectivity index (χ1n) is 6.57. The van der Waals surface area contributed by atoms with Gasteiger partial charge in [0.2, 0.25) is 0 Å². The van der Waals surface area contributed by atoms with Crippen LogP contribution in [0.15, 0.2) is 18.5 Å². The molecule has 3 heteroatoms. The van der Waals surface area contributed by atoms with Gasteiger partial charge in [0.25, 0.3) is 0 Å². The van der Waals surface area contributed by atoms with Crippen LogP contribution in [-0.4, -0.2) is 36.6 Å². The summed E-state index contributed by atoms with van der Waals surface area (Å²) in [6.45, 7) is 7.87. The van der Waals surface area contributed by atoms with Crippen LogP contribution >= 0.6 is 0 Å². The van der Waals surface area contributed by atoms with E-state index in [0.717, 1.165) is 13.1 Å². The van der Waals surface area contributed by atoms with Crippen LogP contribution in [0.1, 0.15) is 30.5 Å². The zero-order chi connectivity index (χ0) is 12.3. The molecule has 3 nitrogen and oxygen atoms in total. The molecule has 17 heavy (non-hydrogen) atoms. The van der Waals surface area contributed by atoms with Gasteiger partial charge in [0, 0.05) is 18.4 Å². The lowest BCUT2D eigenvalue weighted by Gasteiger charge is -2.28. The third-order valence-electron chi connectivity index (χ3n) is 3.90. The summed E-state index contributed by atoms with van der Waals surface area (Å²) in [6, 6.07) is 2.67. The Morgan fingerprint density at radius 3 is 3.00 bits per heavy atom. The van der Waals surface area contributed by atoms with Crippen LogP contribution in [0.5, 0.6) is 0 Å². The average molecular weight is 233 g/mol. The van der Waals surface area contributed by atoms with Crippen molar-refractivity contribution in [2.24, 2.45) is 5.92 Å². The van der Waals surface area contributed by atoms with Crippen LogP contribution in [0.3, 0.4) is 0 Å². The first kappa shape index (κ1) is 12.5. The standard InChI is InChI=1S/C14H23N3/c1-4-17-8-6-12(9-15-3)14(17)13-10-16-7-5-11(13)2/h5,7,10,12,14-15H,4,6,8-9H2,1-3H3. The Morgan fingerprint density at radius 2 is 2.35 bits per heavy atom. The monoisotopic (exact) mass is 233 g/mol. The molecule has 0 amide bonds. The lowest BCUT2D eigenvalue weighted by atomic mass is 9.92. The Bertz CT molecular complexity index is 364. The van der Waals surface area contributed by atoms with Gasteiger partial charge >= 0.3 is 0 Å². The van der Waals surface area contributed by atoms with E-state index in [9.17, 15) is 0 Å². The minimum absolute atomic E-state index is 0.543. The maximum atomic E-state index is 4.31. The highest BCUT2D eigenvalue weighted by molar-refractivity contribution is 5.27. The Morgan fingerprint density at radius 1 is 1.53 bits per heavy atom. The summed E-state index contributed by atoms with van der Waals surface area (Å²) in [5.41, 5.74) is 2.78. The van der Waals surface area contributed by atoms with Gasteiger partial charge in [-0.05, 0) is 63.1 Å². The van der Waals surface area contributed by atoms with Crippen molar-refractivity contribution in [1.29, 1.82) is 0 Å². The number of hydrogen-bond donors (Lipinski definition) is 1. The summed E-state index contributed by atoms with van der Waals surface area (Å²) in [5.74, 6) is 0.711. The Kier molecular flexibility index (Phi) is 4.13. The fraction of sp³-hybridized carbons (Fsp3) is 0.643. The predicted molar refractivity (Wildman–Crippen MR) is 71.0 cm³/mol. The smallest absolute Gasteiger partial charge is 0.0406 e. The normalized spacial score (nSPS) is 25.4.